The number of aromatic nitrogens is 2. The smallest absolute Gasteiger partial charge is 0.322 e. The van der Waals surface area contributed by atoms with E-state index in [9.17, 15) is 9.59 Å². The summed E-state index contributed by atoms with van der Waals surface area (Å²) in [7, 11) is 0. The highest BCUT2D eigenvalue weighted by atomic mass is 35.5. The van der Waals surface area contributed by atoms with Crippen molar-refractivity contribution in [3.05, 3.63) is 69.6 Å². The first-order valence-electron chi connectivity index (χ1n) is 6.57. The number of carbonyl (C=O) groups excluding carboxylic acids is 1. The maximum atomic E-state index is 11.9. The molecule has 0 aliphatic heterocycles. The number of carbonyl (C=O) groups is 1. The minimum absolute atomic E-state index is 0.257. The Morgan fingerprint density at radius 3 is 2.55 bits per heavy atom. The number of anilines is 1. The fourth-order valence-corrected chi connectivity index (χ4v) is 2.17. The lowest BCUT2D eigenvalue weighted by molar-refractivity contribution is -0.111. The Balaban J connectivity index is 1.72. The third-order valence-electron chi connectivity index (χ3n) is 3.08. The van der Waals surface area contributed by atoms with Crippen molar-refractivity contribution in [3.8, 4) is 0 Å². The van der Waals surface area contributed by atoms with Gasteiger partial charge in [-0.1, -0.05) is 23.7 Å². The summed E-state index contributed by atoms with van der Waals surface area (Å²) in [6, 6.07) is 12.3. The lowest BCUT2D eigenvalue weighted by Gasteiger charge is -2.02. The molecule has 3 aromatic rings. The van der Waals surface area contributed by atoms with E-state index in [4.69, 9.17) is 11.6 Å². The Labute approximate surface area is 130 Å². The van der Waals surface area contributed by atoms with Gasteiger partial charge in [-0.3, -0.25) is 4.79 Å². The van der Waals surface area contributed by atoms with E-state index in [2.05, 4.69) is 15.3 Å². The third-order valence-corrected chi connectivity index (χ3v) is 3.33. The summed E-state index contributed by atoms with van der Waals surface area (Å²) in [5, 5.41) is 3.39. The minimum atomic E-state index is -0.277. The van der Waals surface area contributed by atoms with Gasteiger partial charge in [-0.15, -0.1) is 0 Å². The van der Waals surface area contributed by atoms with Crippen LogP contribution in [0.25, 0.3) is 17.1 Å². The summed E-state index contributed by atoms with van der Waals surface area (Å²) in [4.78, 5) is 28.4. The van der Waals surface area contributed by atoms with Gasteiger partial charge in [0.15, 0.2) is 0 Å². The largest absolute Gasteiger partial charge is 0.323 e. The lowest BCUT2D eigenvalue weighted by Crippen LogP contribution is -2.07. The maximum Gasteiger partial charge on any atom is 0.323 e. The lowest BCUT2D eigenvalue weighted by atomic mass is 10.2. The normalized spacial score (nSPS) is 11.1. The summed E-state index contributed by atoms with van der Waals surface area (Å²) in [5.41, 5.74) is 2.55. The number of H-pyrrole nitrogens is 2. The molecule has 5 nitrogen and oxygen atoms in total. The number of fused-ring (bicyclic) bond motifs is 1. The average molecular weight is 314 g/mol. The van der Waals surface area contributed by atoms with Gasteiger partial charge < -0.3 is 15.3 Å². The Bertz CT molecular complexity index is 907. The first kappa shape index (κ1) is 14.2. The van der Waals surface area contributed by atoms with Gasteiger partial charge in [0.1, 0.15) is 0 Å². The van der Waals surface area contributed by atoms with Crippen LogP contribution in [0.1, 0.15) is 5.56 Å². The van der Waals surface area contributed by atoms with Crippen LogP contribution in [0.15, 0.2) is 53.3 Å². The fourth-order valence-electron chi connectivity index (χ4n) is 2.04. The molecule has 0 fully saturated rings. The molecule has 0 atom stereocenters. The number of hydrogen-bond donors (Lipinski definition) is 3. The van der Waals surface area contributed by atoms with Crippen molar-refractivity contribution in [2.75, 3.05) is 5.32 Å². The van der Waals surface area contributed by atoms with Crippen molar-refractivity contribution in [1.29, 1.82) is 0 Å². The van der Waals surface area contributed by atoms with Crippen molar-refractivity contribution < 1.29 is 4.79 Å². The van der Waals surface area contributed by atoms with Gasteiger partial charge in [0.2, 0.25) is 5.91 Å². The fraction of sp³-hybridized carbons (Fsp3) is 0. The van der Waals surface area contributed by atoms with Crippen molar-refractivity contribution >= 4 is 40.3 Å². The van der Waals surface area contributed by atoms with Crippen LogP contribution in [0.5, 0.6) is 0 Å². The molecule has 3 N–H and O–H groups in total. The highest BCUT2D eigenvalue weighted by Crippen LogP contribution is 2.15. The molecular formula is C16H12ClN3O2. The Kier molecular flexibility index (Phi) is 3.80. The zero-order chi connectivity index (χ0) is 15.5. The summed E-state index contributed by atoms with van der Waals surface area (Å²) in [6.07, 6.45) is 3.13. The molecule has 1 amide bonds. The third kappa shape index (κ3) is 3.27. The van der Waals surface area contributed by atoms with Crippen LogP contribution in [0.3, 0.4) is 0 Å². The van der Waals surface area contributed by atoms with E-state index < -0.39 is 0 Å². The second-order valence-electron chi connectivity index (χ2n) is 4.71. The molecule has 0 radical (unpaired) electrons. The molecule has 2 aromatic carbocycles. The molecular weight excluding hydrogens is 302 g/mol. The molecule has 0 saturated heterocycles. The highest BCUT2D eigenvalue weighted by molar-refractivity contribution is 6.30. The number of amides is 1. The second-order valence-corrected chi connectivity index (χ2v) is 5.15. The predicted octanol–water partition coefficient (Wildman–Crippen LogP) is 3.16. The van der Waals surface area contributed by atoms with Crippen molar-refractivity contribution in [3.63, 3.8) is 0 Å². The number of imidazole rings is 1. The van der Waals surface area contributed by atoms with Crippen LogP contribution in [-0.2, 0) is 4.79 Å². The predicted molar refractivity (Wildman–Crippen MR) is 88.0 cm³/mol. The van der Waals surface area contributed by atoms with Gasteiger partial charge in [0.05, 0.1) is 11.0 Å². The first-order chi connectivity index (χ1) is 10.6. The first-order valence-corrected chi connectivity index (χ1v) is 6.95. The van der Waals surface area contributed by atoms with E-state index in [1.54, 1.807) is 36.4 Å². The molecule has 22 heavy (non-hydrogen) atoms. The molecule has 0 spiro atoms. The van der Waals surface area contributed by atoms with E-state index >= 15 is 0 Å². The van der Waals surface area contributed by atoms with Crippen LogP contribution in [0.2, 0.25) is 5.02 Å². The summed E-state index contributed by atoms with van der Waals surface area (Å²) in [5.74, 6) is -0.257. The van der Waals surface area contributed by atoms with Gasteiger partial charge in [-0.2, -0.15) is 0 Å². The van der Waals surface area contributed by atoms with E-state index in [1.165, 1.54) is 6.08 Å². The zero-order valence-corrected chi connectivity index (χ0v) is 12.1. The summed E-state index contributed by atoms with van der Waals surface area (Å²) < 4.78 is 0. The van der Waals surface area contributed by atoms with Crippen LogP contribution in [0.4, 0.5) is 5.69 Å². The number of benzene rings is 2. The topological polar surface area (TPSA) is 77.8 Å². The number of hydrogen-bond acceptors (Lipinski definition) is 2. The van der Waals surface area contributed by atoms with Crippen LogP contribution >= 0.6 is 11.6 Å². The number of nitrogens with one attached hydrogen (secondary N) is 3. The Hall–Kier alpha value is -2.79. The molecule has 0 unspecified atom stereocenters. The van der Waals surface area contributed by atoms with Crippen molar-refractivity contribution in [1.82, 2.24) is 9.97 Å². The quantitative estimate of drug-likeness (QED) is 0.649. The minimum Gasteiger partial charge on any atom is -0.322 e. The van der Waals surface area contributed by atoms with Gasteiger partial charge in [0, 0.05) is 16.8 Å². The summed E-state index contributed by atoms with van der Waals surface area (Å²) in [6.45, 7) is 0. The Morgan fingerprint density at radius 2 is 1.77 bits per heavy atom. The average Bonchev–Trinajstić information content (AvgIpc) is 2.86. The second kappa shape index (κ2) is 5.91. The monoisotopic (exact) mass is 313 g/mol. The van der Waals surface area contributed by atoms with Crippen LogP contribution in [-0.4, -0.2) is 15.9 Å². The standard InChI is InChI=1S/C16H12ClN3O2/c17-11-4-1-10(2-5-11)3-8-15(21)18-12-6-7-13-14(9-12)20-16(22)19-13/h1-9H,(H,18,21)(H2,19,20,22)/b8-3+. The molecule has 3 rings (SSSR count). The van der Waals surface area contributed by atoms with Gasteiger partial charge in [0.25, 0.3) is 0 Å². The molecule has 6 heteroatoms. The van der Waals surface area contributed by atoms with Crippen molar-refractivity contribution in [2.24, 2.45) is 0 Å². The molecule has 0 aliphatic carbocycles. The van der Waals surface area contributed by atoms with E-state index in [0.717, 1.165) is 5.56 Å². The molecule has 1 aromatic heterocycles. The molecule has 0 saturated carbocycles. The molecule has 0 bridgehead atoms. The highest BCUT2D eigenvalue weighted by Gasteiger charge is 2.02. The summed E-state index contributed by atoms with van der Waals surface area (Å²) >= 11 is 5.80. The van der Waals surface area contributed by atoms with Crippen molar-refractivity contribution in [2.45, 2.75) is 0 Å². The van der Waals surface area contributed by atoms with Gasteiger partial charge >= 0.3 is 5.69 Å². The molecule has 110 valence electrons. The maximum absolute atomic E-state index is 11.9. The van der Waals surface area contributed by atoms with Gasteiger partial charge in [-0.25, -0.2) is 4.79 Å². The van der Waals surface area contributed by atoms with Crippen LogP contribution in [0, 0.1) is 0 Å². The van der Waals surface area contributed by atoms with E-state index in [0.29, 0.717) is 21.7 Å². The van der Waals surface area contributed by atoms with E-state index in [-0.39, 0.29) is 11.6 Å². The number of rotatable bonds is 3. The Morgan fingerprint density at radius 1 is 1.05 bits per heavy atom. The molecule has 0 aliphatic rings. The number of halogens is 1. The zero-order valence-electron chi connectivity index (χ0n) is 11.4. The van der Waals surface area contributed by atoms with Gasteiger partial charge in [-0.05, 0) is 42.0 Å². The van der Waals surface area contributed by atoms with Crippen LogP contribution < -0.4 is 11.0 Å². The molecule has 1 heterocycles. The SMILES string of the molecule is O=C(/C=C/c1ccc(Cl)cc1)Nc1ccc2[nH]c(=O)[nH]c2c1. The number of aromatic amines is 2. The van der Waals surface area contributed by atoms with E-state index in [1.807, 2.05) is 12.1 Å².